The molecule has 0 amide bonds. The predicted molar refractivity (Wildman–Crippen MR) is 53.4 cm³/mol. The fourth-order valence-corrected chi connectivity index (χ4v) is 1.17. The van der Waals surface area contributed by atoms with Gasteiger partial charge in [-0.05, 0) is 31.4 Å². The number of aryl methyl sites for hydroxylation is 2. The highest BCUT2D eigenvalue weighted by atomic mass is 14.9. The first-order valence-electron chi connectivity index (χ1n) is 4.86. The Labute approximate surface area is 79.4 Å². The molecule has 0 radical (unpaired) electrons. The molecular formula is C10H17N3. The molecule has 1 rings (SSSR count). The highest BCUT2D eigenvalue weighted by Crippen LogP contribution is 2.00. The van der Waals surface area contributed by atoms with Gasteiger partial charge in [-0.25, -0.2) is 9.97 Å². The fraction of sp³-hybridized carbons (Fsp3) is 0.600. The molecule has 0 aliphatic heterocycles. The van der Waals surface area contributed by atoms with Gasteiger partial charge in [0.05, 0.1) is 0 Å². The Hall–Kier alpha value is -0.960. The molecule has 0 aliphatic rings. The van der Waals surface area contributed by atoms with Gasteiger partial charge in [-0.15, -0.1) is 0 Å². The van der Waals surface area contributed by atoms with E-state index in [1.165, 1.54) is 5.56 Å². The summed E-state index contributed by atoms with van der Waals surface area (Å²) in [5.41, 5.74) is 6.60. The Morgan fingerprint density at radius 3 is 2.46 bits per heavy atom. The molecule has 0 spiro atoms. The third-order valence-corrected chi connectivity index (χ3v) is 1.90. The van der Waals surface area contributed by atoms with Crippen molar-refractivity contribution in [3.63, 3.8) is 0 Å². The van der Waals surface area contributed by atoms with Crippen molar-refractivity contribution in [2.45, 2.75) is 32.6 Å². The molecule has 0 unspecified atom stereocenters. The van der Waals surface area contributed by atoms with Crippen LogP contribution in [0.25, 0.3) is 0 Å². The molecule has 0 aliphatic carbocycles. The molecule has 13 heavy (non-hydrogen) atoms. The van der Waals surface area contributed by atoms with Gasteiger partial charge in [0, 0.05) is 18.8 Å². The number of hydrogen-bond acceptors (Lipinski definition) is 3. The Morgan fingerprint density at radius 1 is 1.23 bits per heavy atom. The Balaban J connectivity index is 2.48. The zero-order chi connectivity index (χ0) is 9.52. The Kier molecular flexibility index (Phi) is 4.40. The van der Waals surface area contributed by atoms with Crippen molar-refractivity contribution in [2.24, 2.45) is 5.73 Å². The van der Waals surface area contributed by atoms with Crippen LogP contribution < -0.4 is 5.73 Å². The average molecular weight is 179 g/mol. The zero-order valence-electron chi connectivity index (χ0n) is 8.16. The largest absolute Gasteiger partial charge is 0.330 e. The van der Waals surface area contributed by atoms with Gasteiger partial charge < -0.3 is 5.73 Å². The first kappa shape index (κ1) is 10.1. The summed E-state index contributed by atoms with van der Waals surface area (Å²) in [6.45, 7) is 2.86. The second-order valence-electron chi connectivity index (χ2n) is 3.15. The standard InChI is InChI=1S/C10H17N3/c1-2-4-10-12-7-9(8-13-10)5-3-6-11/h7-8H,2-6,11H2,1H3. The van der Waals surface area contributed by atoms with Crippen LogP contribution in [0.5, 0.6) is 0 Å². The Bertz CT molecular complexity index is 230. The van der Waals surface area contributed by atoms with Crippen molar-refractivity contribution in [2.75, 3.05) is 6.54 Å². The zero-order valence-corrected chi connectivity index (χ0v) is 8.16. The smallest absolute Gasteiger partial charge is 0.128 e. The maximum Gasteiger partial charge on any atom is 0.128 e. The van der Waals surface area contributed by atoms with Crippen molar-refractivity contribution in [1.82, 2.24) is 9.97 Å². The summed E-state index contributed by atoms with van der Waals surface area (Å²) in [7, 11) is 0. The molecule has 72 valence electrons. The van der Waals surface area contributed by atoms with E-state index in [0.717, 1.165) is 38.1 Å². The monoisotopic (exact) mass is 179 g/mol. The summed E-state index contributed by atoms with van der Waals surface area (Å²) in [5.74, 6) is 0.944. The quantitative estimate of drug-likeness (QED) is 0.741. The molecule has 0 aromatic carbocycles. The third kappa shape index (κ3) is 3.51. The molecular weight excluding hydrogens is 162 g/mol. The summed E-state index contributed by atoms with van der Waals surface area (Å²) in [4.78, 5) is 8.54. The van der Waals surface area contributed by atoms with E-state index in [0.29, 0.717) is 0 Å². The van der Waals surface area contributed by atoms with Crippen LogP contribution in [-0.2, 0) is 12.8 Å². The van der Waals surface area contributed by atoms with Gasteiger partial charge in [0.1, 0.15) is 5.82 Å². The van der Waals surface area contributed by atoms with E-state index in [1.54, 1.807) is 0 Å². The Morgan fingerprint density at radius 2 is 1.92 bits per heavy atom. The van der Waals surface area contributed by atoms with E-state index in [2.05, 4.69) is 16.9 Å². The van der Waals surface area contributed by atoms with Crippen LogP contribution in [0.3, 0.4) is 0 Å². The maximum atomic E-state index is 5.41. The van der Waals surface area contributed by atoms with Crippen molar-refractivity contribution in [1.29, 1.82) is 0 Å². The predicted octanol–water partition coefficient (Wildman–Crippen LogP) is 1.32. The summed E-state index contributed by atoms with van der Waals surface area (Å²) < 4.78 is 0. The van der Waals surface area contributed by atoms with Gasteiger partial charge in [-0.3, -0.25) is 0 Å². The van der Waals surface area contributed by atoms with Gasteiger partial charge >= 0.3 is 0 Å². The third-order valence-electron chi connectivity index (χ3n) is 1.90. The lowest BCUT2D eigenvalue weighted by molar-refractivity contribution is 0.795. The molecule has 0 atom stereocenters. The molecule has 1 aromatic heterocycles. The number of nitrogens with zero attached hydrogens (tertiary/aromatic N) is 2. The summed E-state index contributed by atoms with van der Waals surface area (Å²) in [6, 6.07) is 0. The molecule has 0 bridgehead atoms. The van der Waals surface area contributed by atoms with Gasteiger partial charge in [0.15, 0.2) is 0 Å². The molecule has 0 saturated carbocycles. The molecule has 0 fully saturated rings. The van der Waals surface area contributed by atoms with E-state index in [4.69, 9.17) is 5.73 Å². The summed E-state index contributed by atoms with van der Waals surface area (Å²) in [6.07, 6.45) is 7.89. The van der Waals surface area contributed by atoms with E-state index in [-0.39, 0.29) is 0 Å². The second kappa shape index (κ2) is 5.65. The topological polar surface area (TPSA) is 51.8 Å². The molecule has 0 saturated heterocycles. The lowest BCUT2D eigenvalue weighted by Crippen LogP contribution is -2.02. The number of hydrogen-bond donors (Lipinski definition) is 1. The lowest BCUT2D eigenvalue weighted by Gasteiger charge is -2.00. The highest BCUT2D eigenvalue weighted by Gasteiger charge is 1.96. The number of aromatic nitrogens is 2. The van der Waals surface area contributed by atoms with Crippen LogP contribution in [-0.4, -0.2) is 16.5 Å². The fourth-order valence-electron chi connectivity index (χ4n) is 1.17. The number of rotatable bonds is 5. The van der Waals surface area contributed by atoms with Crippen LogP contribution in [0, 0.1) is 0 Å². The van der Waals surface area contributed by atoms with Crippen molar-refractivity contribution in [3.8, 4) is 0 Å². The van der Waals surface area contributed by atoms with Crippen LogP contribution in [0.4, 0.5) is 0 Å². The van der Waals surface area contributed by atoms with E-state index < -0.39 is 0 Å². The van der Waals surface area contributed by atoms with Crippen molar-refractivity contribution >= 4 is 0 Å². The first-order chi connectivity index (χ1) is 6.36. The van der Waals surface area contributed by atoms with Crippen LogP contribution in [0.2, 0.25) is 0 Å². The van der Waals surface area contributed by atoms with Crippen LogP contribution in [0.15, 0.2) is 12.4 Å². The molecule has 3 heteroatoms. The minimum absolute atomic E-state index is 0.733. The van der Waals surface area contributed by atoms with E-state index >= 15 is 0 Å². The minimum atomic E-state index is 0.733. The van der Waals surface area contributed by atoms with E-state index in [9.17, 15) is 0 Å². The van der Waals surface area contributed by atoms with Gasteiger partial charge in [0.2, 0.25) is 0 Å². The lowest BCUT2D eigenvalue weighted by atomic mass is 10.2. The molecule has 1 heterocycles. The van der Waals surface area contributed by atoms with Gasteiger partial charge in [-0.2, -0.15) is 0 Å². The SMILES string of the molecule is CCCc1ncc(CCCN)cn1. The summed E-state index contributed by atoms with van der Waals surface area (Å²) >= 11 is 0. The van der Waals surface area contributed by atoms with Crippen molar-refractivity contribution in [3.05, 3.63) is 23.8 Å². The average Bonchev–Trinajstić information content (AvgIpc) is 2.17. The van der Waals surface area contributed by atoms with Gasteiger partial charge in [0.25, 0.3) is 0 Å². The molecule has 1 aromatic rings. The van der Waals surface area contributed by atoms with Crippen molar-refractivity contribution < 1.29 is 0 Å². The summed E-state index contributed by atoms with van der Waals surface area (Å²) in [5, 5.41) is 0. The normalized spacial score (nSPS) is 10.3. The molecule has 3 nitrogen and oxygen atoms in total. The highest BCUT2D eigenvalue weighted by molar-refractivity contribution is 5.05. The second-order valence-corrected chi connectivity index (χ2v) is 3.15. The maximum absolute atomic E-state index is 5.41. The van der Waals surface area contributed by atoms with E-state index in [1.807, 2.05) is 12.4 Å². The first-order valence-corrected chi connectivity index (χ1v) is 4.86. The molecule has 2 N–H and O–H groups in total. The van der Waals surface area contributed by atoms with Crippen LogP contribution >= 0.6 is 0 Å². The number of nitrogens with two attached hydrogens (primary N) is 1. The van der Waals surface area contributed by atoms with Gasteiger partial charge in [-0.1, -0.05) is 6.92 Å². The van der Waals surface area contributed by atoms with Crippen LogP contribution in [0.1, 0.15) is 31.2 Å². The minimum Gasteiger partial charge on any atom is -0.330 e.